The number of piperazine rings is 1. The van der Waals surface area contributed by atoms with Gasteiger partial charge in [-0.15, -0.1) is 0 Å². The molecule has 0 spiro atoms. The third-order valence-corrected chi connectivity index (χ3v) is 3.94. The highest BCUT2D eigenvalue weighted by Crippen LogP contribution is 2.25. The Kier molecular flexibility index (Phi) is 4.22. The molecule has 2 rings (SSSR count). The standard InChI is InChI=1S/C13H26N2O/c1-11(2)10-14-6-8-15(9-7-14)12-4-3-5-13(12)16/h11-13,16H,3-10H2,1-2H3/t12-,13-/m0/s1. The molecule has 1 aliphatic heterocycles. The maximum absolute atomic E-state index is 9.90. The average Bonchev–Trinajstić information content (AvgIpc) is 2.65. The summed E-state index contributed by atoms with van der Waals surface area (Å²) < 4.78 is 0. The van der Waals surface area contributed by atoms with E-state index in [9.17, 15) is 5.11 Å². The Labute approximate surface area is 99.4 Å². The van der Waals surface area contributed by atoms with Gasteiger partial charge in [0.25, 0.3) is 0 Å². The van der Waals surface area contributed by atoms with Gasteiger partial charge in [-0.1, -0.05) is 13.8 Å². The largest absolute Gasteiger partial charge is 0.391 e. The van der Waals surface area contributed by atoms with Crippen LogP contribution in [-0.2, 0) is 0 Å². The van der Waals surface area contributed by atoms with E-state index in [1.807, 2.05) is 0 Å². The van der Waals surface area contributed by atoms with Gasteiger partial charge in [-0.05, 0) is 25.2 Å². The second-order valence-electron chi connectivity index (χ2n) is 5.80. The van der Waals surface area contributed by atoms with Crippen LogP contribution in [0.5, 0.6) is 0 Å². The van der Waals surface area contributed by atoms with E-state index in [1.54, 1.807) is 0 Å². The van der Waals surface area contributed by atoms with Gasteiger partial charge in [0.15, 0.2) is 0 Å². The van der Waals surface area contributed by atoms with Crippen molar-refractivity contribution in [2.75, 3.05) is 32.7 Å². The zero-order valence-electron chi connectivity index (χ0n) is 10.7. The van der Waals surface area contributed by atoms with Crippen LogP contribution in [0.15, 0.2) is 0 Å². The van der Waals surface area contributed by atoms with Crippen molar-refractivity contribution in [1.82, 2.24) is 9.80 Å². The molecule has 0 aromatic carbocycles. The van der Waals surface area contributed by atoms with Gasteiger partial charge in [0.05, 0.1) is 6.10 Å². The van der Waals surface area contributed by atoms with Crippen LogP contribution < -0.4 is 0 Å². The fourth-order valence-electron chi connectivity index (χ4n) is 3.14. The summed E-state index contributed by atoms with van der Waals surface area (Å²) in [6.45, 7) is 10.5. The summed E-state index contributed by atoms with van der Waals surface area (Å²) in [6, 6.07) is 0.459. The van der Waals surface area contributed by atoms with Crippen molar-refractivity contribution in [2.45, 2.75) is 45.3 Å². The van der Waals surface area contributed by atoms with E-state index in [4.69, 9.17) is 0 Å². The van der Waals surface area contributed by atoms with Crippen molar-refractivity contribution in [1.29, 1.82) is 0 Å². The zero-order valence-corrected chi connectivity index (χ0v) is 10.7. The molecule has 0 aromatic rings. The topological polar surface area (TPSA) is 26.7 Å². The van der Waals surface area contributed by atoms with E-state index < -0.39 is 0 Å². The number of hydrogen-bond donors (Lipinski definition) is 1. The molecule has 0 radical (unpaired) electrons. The molecule has 1 N–H and O–H groups in total. The van der Waals surface area contributed by atoms with Gasteiger partial charge in [0, 0.05) is 38.8 Å². The lowest BCUT2D eigenvalue weighted by atomic mass is 10.1. The minimum absolute atomic E-state index is 0.0587. The van der Waals surface area contributed by atoms with E-state index in [1.165, 1.54) is 32.5 Å². The first-order valence-corrected chi connectivity index (χ1v) is 6.81. The SMILES string of the molecule is CC(C)CN1CCN([C@H]2CCC[C@@H]2O)CC1. The fraction of sp³-hybridized carbons (Fsp3) is 1.00. The number of aliphatic hydroxyl groups is 1. The number of nitrogens with zero attached hydrogens (tertiary/aromatic N) is 2. The molecule has 94 valence electrons. The Balaban J connectivity index is 1.76. The molecule has 0 amide bonds. The number of aliphatic hydroxyl groups excluding tert-OH is 1. The Hall–Kier alpha value is -0.120. The van der Waals surface area contributed by atoms with Gasteiger partial charge in [0.2, 0.25) is 0 Å². The molecule has 3 nitrogen and oxygen atoms in total. The monoisotopic (exact) mass is 226 g/mol. The Morgan fingerprint density at radius 3 is 2.31 bits per heavy atom. The summed E-state index contributed by atoms with van der Waals surface area (Å²) in [7, 11) is 0. The highest BCUT2D eigenvalue weighted by atomic mass is 16.3. The summed E-state index contributed by atoms with van der Waals surface area (Å²) in [5, 5.41) is 9.90. The van der Waals surface area contributed by atoms with Crippen LogP contribution >= 0.6 is 0 Å². The molecule has 2 atom stereocenters. The minimum atomic E-state index is -0.0587. The van der Waals surface area contributed by atoms with E-state index in [-0.39, 0.29) is 6.10 Å². The Morgan fingerprint density at radius 1 is 1.12 bits per heavy atom. The molecule has 1 aliphatic carbocycles. The second-order valence-corrected chi connectivity index (χ2v) is 5.80. The van der Waals surface area contributed by atoms with E-state index in [0.29, 0.717) is 6.04 Å². The van der Waals surface area contributed by atoms with Gasteiger partial charge in [-0.2, -0.15) is 0 Å². The van der Waals surface area contributed by atoms with E-state index >= 15 is 0 Å². The molecule has 16 heavy (non-hydrogen) atoms. The van der Waals surface area contributed by atoms with Gasteiger partial charge >= 0.3 is 0 Å². The van der Waals surface area contributed by atoms with Crippen molar-refractivity contribution in [3.8, 4) is 0 Å². The lowest BCUT2D eigenvalue weighted by Gasteiger charge is -2.39. The molecule has 0 unspecified atom stereocenters. The summed E-state index contributed by atoms with van der Waals surface area (Å²) in [5.41, 5.74) is 0. The summed E-state index contributed by atoms with van der Waals surface area (Å²) in [5.74, 6) is 0.767. The smallest absolute Gasteiger partial charge is 0.0695 e. The molecule has 3 heteroatoms. The van der Waals surface area contributed by atoms with Crippen LogP contribution in [0, 0.1) is 5.92 Å². The first-order valence-electron chi connectivity index (χ1n) is 6.81. The molecular formula is C13H26N2O. The van der Waals surface area contributed by atoms with Crippen molar-refractivity contribution in [3.63, 3.8) is 0 Å². The van der Waals surface area contributed by atoms with Crippen LogP contribution in [0.3, 0.4) is 0 Å². The predicted octanol–water partition coefficient (Wildman–Crippen LogP) is 1.17. The zero-order chi connectivity index (χ0) is 11.5. The first-order chi connectivity index (χ1) is 7.66. The molecule has 1 saturated heterocycles. The van der Waals surface area contributed by atoms with Gasteiger partial charge in [0.1, 0.15) is 0 Å². The van der Waals surface area contributed by atoms with Crippen LogP contribution in [-0.4, -0.2) is 59.8 Å². The van der Waals surface area contributed by atoms with Crippen LogP contribution in [0.4, 0.5) is 0 Å². The van der Waals surface area contributed by atoms with Gasteiger partial charge in [-0.25, -0.2) is 0 Å². The maximum Gasteiger partial charge on any atom is 0.0695 e. The highest BCUT2D eigenvalue weighted by Gasteiger charge is 2.32. The molecule has 0 bridgehead atoms. The van der Waals surface area contributed by atoms with Crippen molar-refractivity contribution >= 4 is 0 Å². The third kappa shape index (κ3) is 2.96. The molecular weight excluding hydrogens is 200 g/mol. The second kappa shape index (κ2) is 5.48. The Bertz CT molecular complexity index is 212. The lowest BCUT2D eigenvalue weighted by molar-refractivity contribution is 0.0329. The van der Waals surface area contributed by atoms with E-state index in [0.717, 1.165) is 25.4 Å². The first kappa shape index (κ1) is 12.3. The fourth-order valence-corrected chi connectivity index (χ4v) is 3.14. The van der Waals surface area contributed by atoms with Crippen LogP contribution in [0.25, 0.3) is 0 Å². The quantitative estimate of drug-likeness (QED) is 0.782. The highest BCUT2D eigenvalue weighted by molar-refractivity contribution is 4.87. The average molecular weight is 226 g/mol. The summed E-state index contributed by atoms with van der Waals surface area (Å²) in [6.07, 6.45) is 3.36. The maximum atomic E-state index is 9.90. The molecule has 2 aliphatic rings. The normalized spacial score (nSPS) is 33.8. The van der Waals surface area contributed by atoms with E-state index in [2.05, 4.69) is 23.6 Å². The molecule has 0 aromatic heterocycles. The number of rotatable bonds is 3. The van der Waals surface area contributed by atoms with Crippen molar-refractivity contribution < 1.29 is 5.11 Å². The molecule has 1 saturated carbocycles. The third-order valence-electron chi connectivity index (χ3n) is 3.94. The summed E-state index contributed by atoms with van der Waals surface area (Å²) in [4.78, 5) is 5.07. The molecule has 2 fully saturated rings. The lowest BCUT2D eigenvalue weighted by Crippen LogP contribution is -2.52. The summed E-state index contributed by atoms with van der Waals surface area (Å²) >= 11 is 0. The Morgan fingerprint density at radius 2 is 1.81 bits per heavy atom. The van der Waals surface area contributed by atoms with Crippen LogP contribution in [0.1, 0.15) is 33.1 Å². The van der Waals surface area contributed by atoms with Gasteiger partial charge < -0.3 is 10.0 Å². The van der Waals surface area contributed by atoms with Gasteiger partial charge in [-0.3, -0.25) is 4.90 Å². The number of hydrogen-bond acceptors (Lipinski definition) is 3. The molecule has 1 heterocycles. The predicted molar refractivity (Wildman–Crippen MR) is 66.5 cm³/mol. The minimum Gasteiger partial charge on any atom is -0.391 e. The van der Waals surface area contributed by atoms with Crippen molar-refractivity contribution in [3.05, 3.63) is 0 Å². The van der Waals surface area contributed by atoms with Crippen molar-refractivity contribution in [2.24, 2.45) is 5.92 Å². The van der Waals surface area contributed by atoms with Crippen LogP contribution in [0.2, 0.25) is 0 Å².